The van der Waals surface area contributed by atoms with Gasteiger partial charge < -0.3 is 4.90 Å². The van der Waals surface area contributed by atoms with E-state index in [9.17, 15) is 0 Å². The van der Waals surface area contributed by atoms with Gasteiger partial charge in [0.25, 0.3) is 0 Å². The lowest BCUT2D eigenvalue weighted by atomic mass is 10.1. The minimum Gasteiger partial charge on any atom is -0.302 e. The molecule has 0 unspecified atom stereocenters. The Hall–Kier alpha value is -0.820. The standard InChI is InChI=1S/C30H55N/c1-4-7-10-12-14-16-18-20-27-31(28-21-19-17-15-13-11-8-5-2)30-25-23-29(24-26-30)22-9-6-3/h23-26H,4-22,27-28H2,1-3H3/p+1. The van der Waals surface area contributed by atoms with Crippen LogP contribution in [0.1, 0.15) is 142 Å². The van der Waals surface area contributed by atoms with E-state index in [0.29, 0.717) is 0 Å². The van der Waals surface area contributed by atoms with Crippen LogP contribution in [-0.4, -0.2) is 13.1 Å². The van der Waals surface area contributed by atoms with E-state index in [0.717, 1.165) is 0 Å². The Morgan fingerprint density at radius 3 is 1.26 bits per heavy atom. The summed E-state index contributed by atoms with van der Waals surface area (Å²) in [7, 11) is 0. The smallest absolute Gasteiger partial charge is 0.131 e. The van der Waals surface area contributed by atoms with Crippen molar-refractivity contribution in [3.05, 3.63) is 29.8 Å². The zero-order valence-corrected chi connectivity index (χ0v) is 21.7. The van der Waals surface area contributed by atoms with E-state index >= 15 is 0 Å². The number of rotatable bonds is 22. The van der Waals surface area contributed by atoms with Crippen LogP contribution in [-0.2, 0) is 6.42 Å². The van der Waals surface area contributed by atoms with Gasteiger partial charge in [0.05, 0.1) is 13.1 Å². The maximum Gasteiger partial charge on any atom is 0.131 e. The summed E-state index contributed by atoms with van der Waals surface area (Å²) in [4.78, 5) is 1.74. The van der Waals surface area contributed by atoms with Gasteiger partial charge in [-0.05, 0) is 56.2 Å². The van der Waals surface area contributed by atoms with Gasteiger partial charge in [-0.25, -0.2) is 0 Å². The second-order valence-electron chi connectivity index (χ2n) is 9.85. The van der Waals surface area contributed by atoms with Crippen LogP contribution in [0.15, 0.2) is 24.3 Å². The Morgan fingerprint density at radius 2 is 0.839 bits per heavy atom. The van der Waals surface area contributed by atoms with Gasteiger partial charge >= 0.3 is 0 Å². The molecule has 1 nitrogen and oxygen atoms in total. The largest absolute Gasteiger partial charge is 0.302 e. The molecule has 0 spiro atoms. The number of hydrogen-bond acceptors (Lipinski definition) is 0. The molecule has 1 aromatic carbocycles. The van der Waals surface area contributed by atoms with Crippen molar-refractivity contribution in [2.24, 2.45) is 0 Å². The van der Waals surface area contributed by atoms with Gasteiger partial charge in [-0.1, -0.05) is 116 Å². The Kier molecular flexibility index (Phi) is 19.2. The van der Waals surface area contributed by atoms with Gasteiger partial charge in [0.15, 0.2) is 0 Å². The Labute approximate surface area is 196 Å². The maximum absolute atomic E-state index is 2.43. The van der Waals surface area contributed by atoms with Crippen molar-refractivity contribution in [1.82, 2.24) is 0 Å². The third-order valence-electron chi connectivity index (χ3n) is 6.85. The lowest BCUT2D eigenvalue weighted by Gasteiger charge is -2.20. The van der Waals surface area contributed by atoms with E-state index in [1.54, 1.807) is 4.90 Å². The summed E-state index contributed by atoms with van der Waals surface area (Å²) in [5.41, 5.74) is 3.05. The molecule has 1 aromatic rings. The second kappa shape index (κ2) is 21.0. The number of benzene rings is 1. The van der Waals surface area contributed by atoms with Crippen molar-refractivity contribution in [3.8, 4) is 0 Å². The van der Waals surface area contributed by atoms with Crippen molar-refractivity contribution in [2.45, 2.75) is 143 Å². The highest BCUT2D eigenvalue weighted by Crippen LogP contribution is 2.11. The summed E-state index contributed by atoms with van der Waals surface area (Å²) in [6.07, 6.45) is 26.5. The van der Waals surface area contributed by atoms with Crippen LogP contribution in [0.4, 0.5) is 5.69 Å². The van der Waals surface area contributed by atoms with Crippen molar-refractivity contribution < 1.29 is 4.90 Å². The zero-order valence-electron chi connectivity index (χ0n) is 21.7. The quantitative estimate of drug-likeness (QED) is 0.175. The average molecular weight is 431 g/mol. The molecular formula is C30H56N+. The molecule has 0 amide bonds. The van der Waals surface area contributed by atoms with E-state index in [-0.39, 0.29) is 0 Å². The topological polar surface area (TPSA) is 4.44 Å². The monoisotopic (exact) mass is 430 g/mol. The molecule has 0 atom stereocenters. The van der Waals surface area contributed by atoms with Gasteiger partial charge in [0.1, 0.15) is 5.69 Å². The molecule has 1 rings (SSSR count). The number of unbranched alkanes of at least 4 members (excludes halogenated alkanes) is 15. The first-order valence-corrected chi connectivity index (χ1v) is 14.3. The second-order valence-corrected chi connectivity index (χ2v) is 9.85. The number of quaternary nitrogens is 1. The highest BCUT2D eigenvalue weighted by Gasteiger charge is 2.12. The molecule has 1 N–H and O–H groups in total. The van der Waals surface area contributed by atoms with Crippen molar-refractivity contribution in [2.75, 3.05) is 13.1 Å². The molecule has 0 fully saturated rings. The molecule has 0 aliphatic rings. The molecule has 0 radical (unpaired) electrons. The lowest BCUT2D eigenvalue weighted by Crippen LogP contribution is -3.07. The molecule has 0 saturated heterocycles. The Bertz CT molecular complexity index is 458. The summed E-state index contributed by atoms with van der Waals surface area (Å²) in [6.45, 7) is 9.54. The number of aryl methyl sites for hydroxylation is 1. The summed E-state index contributed by atoms with van der Waals surface area (Å²) >= 11 is 0. The molecule has 31 heavy (non-hydrogen) atoms. The summed E-state index contributed by atoms with van der Waals surface area (Å²) < 4.78 is 0. The maximum atomic E-state index is 2.43. The van der Waals surface area contributed by atoms with Crippen molar-refractivity contribution in [1.29, 1.82) is 0 Å². The van der Waals surface area contributed by atoms with Gasteiger partial charge in [-0.15, -0.1) is 0 Å². The molecule has 0 saturated carbocycles. The summed E-state index contributed by atoms with van der Waals surface area (Å²) in [6, 6.07) is 9.64. The third kappa shape index (κ3) is 15.6. The summed E-state index contributed by atoms with van der Waals surface area (Å²) in [5, 5.41) is 0. The fourth-order valence-electron chi connectivity index (χ4n) is 4.65. The number of hydrogen-bond donors (Lipinski definition) is 1. The van der Waals surface area contributed by atoms with Crippen LogP contribution in [0.2, 0.25) is 0 Å². The Balaban J connectivity index is 2.37. The van der Waals surface area contributed by atoms with Gasteiger partial charge in [0.2, 0.25) is 0 Å². The van der Waals surface area contributed by atoms with Crippen LogP contribution in [0.25, 0.3) is 0 Å². The molecule has 0 aliphatic heterocycles. The van der Waals surface area contributed by atoms with Crippen LogP contribution in [0, 0.1) is 0 Å². The molecule has 0 bridgehead atoms. The molecule has 0 aliphatic carbocycles. The van der Waals surface area contributed by atoms with Gasteiger partial charge in [-0.2, -0.15) is 0 Å². The first-order valence-electron chi connectivity index (χ1n) is 14.3. The predicted molar refractivity (Wildman–Crippen MR) is 141 cm³/mol. The molecular weight excluding hydrogens is 374 g/mol. The zero-order chi connectivity index (χ0) is 22.4. The number of nitrogens with one attached hydrogen (secondary N) is 1. The molecule has 0 aromatic heterocycles. The predicted octanol–water partition coefficient (Wildman–Crippen LogP) is 8.83. The van der Waals surface area contributed by atoms with Gasteiger partial charge in [-0.3, -0.25) is 0 Å². The summed E-state index contributed by atoms with van der Waals surface area (Å²) in [5.74, 6) is 0. The minimum atomic E-state index is 1.24. The average Bonchev–Trinajstić information content (AvgIpc) is 2.80. The van der Waals surface area contributed by atoms with E-state index < -0.39 is 0 Å². The lowest BCUT2D eigenvalue weighted by molar-refractivity contribution is -0.833. The SMILES string of the molecule is CCCCCCCCCC[NH+](CCCCCCCCCC)c1ccc(CCCC)cc1. The van der Waals surface area contributed by atoms with Gasteiger partial charge in [0, 0.05) is 0 Å². The van der Waals surface area contributed by atoms with E-state index in [2.05, 4.69) is 45.0 Å². The molecule has 180 valence electrons. The first kappa shape index (κ1) is 28.2. The fourth-order valence-corrected chi connectivity index (χ4v) is 4.65. The minimum absolute atomic E-state index is 1.24. The van der Waals surface area contributed by atoms with Crippen LogP contribution in [0.5, 0.6) is 0 Å². The molecule has 0 heterocycles. The van der Waals surface area contributed by atoms with Crippen molar-refractivity contribution >= 4 is 5.69 Å². The highest BCUT2D eigenvalue weighted by molar-refractivity contribution is 5.32. The van der Waals surface area contributed by atoms with E-state index in [4.69, 9.17) is 0 Å². The Morgan fingerprint density at radius 1 is 0.452 bits per heavy atom. The third-order valence-corrected chi connectivity index (χ3v) is 6.85. The highest BCUT2D eigenvalue weighted by atomic mass is 15.1. The van der Waals surface area contributed by atoms with Crippen LogP contribution < -0.4 is 4.90 Å². The van der Waals surface area contributed by atoms with Crippen LogP contribution in [0.3, 0.4) is 0 Å². The van der Waals surface area contributed by atoms with Crippen LogP contribution >= 0.6 is 0 Å². The fraction of sp³-hybridized carbons (Fsp3) is 0.800. The van der Waals surface area contributed by atoms with Crippen molar-refractivity contribution in [3.63, 3.8) is 0 Å². The first-order chi connectivity index (χ1) is 15.3. The molecule has 1 heteroatoms. The normalized spacial score (nSPS) is 11.5. The van der Waals surface area contributed by atoms with E-state index in [1.807, 2.05) is 0 Å². The van der Waals surface area contributed by atoms with E-state index in [1.165, 1.54) is 146 Å².